The summed E-state index contributed by atoms with van der Waals surface area (Å²) in [5.74, 6) is -0.269. The Balaban J connectivity index is 2.01. The molecule has 0 bridgehead atoms. The largest absolute Gasteiger partial charge is 0.469 e. The average Bonchev–Trinajstić information content (AvgIpc) is 2.43. The Bertz CT molecular complexity index is 502. The van der Waals surface area contributed by atoms with Crippen molar-refractivity contribution in [2.45, 2.75) is 26.0 Å². The molecule has 21 heavy (non-hydrogen) atoms. The number of nitrogens with zero attached hydrogens (tertiary/aromatic N) is 2. The summed E-state index contributed by atoms with van der Waals surface area (Å²) in [6.07, 6.45) is 0.0859. The van der Waals surface area contributed by atoms with Crippen LogP contribution in [0.3, 0.4) is 0 Å². The van der Waals surface area contributed by atoms with Crippen LogP contribution in [-0.4, -0.2) is 48.8 Å². The minimum Gasteiger partial charge on any atom is -0.469 e. The maximum Gasteiger partial charge on any atom is 0.308 e. The van der Waals surface area contributed by atoms with Gasteiger partial charge in [0, 0.05) is 35.9 Å². The number of carbonyl (C=O) groups excluding carboxylic acids is 1. The quantitative estimate of drug-likeness (QED) is 0.626. The van der Waals surface area contributed by atoms with E-state index in [1.54, 1.807) is 6.07 Å². The van der Waals surface area contributed by atoms with Gasteiger partial charge in [0.15, 0.2) is 0 Å². The first kappa shape index (κ1) is 16.5. The van der Waals surface area contributed by atoms with Crippen molar-refractivity contribution < 1.29 is 14.3 Å². The predicted molar refractivity (Wildman–Crippen MR) is 80.6 cm³/mol. The van der Waals surface area contributed by atoms with Gasteiger partial charge in [0.05, 0.1) is 26.2 Å². The number of aryl methyl sites for hydroxylation is 1. The fourth-order valence-electron chi connectivity index (χ4n) is 2.30. The molecule has 0 saturated carbocycles. The third kappa shape index (κ3) is 4.54. The number of methoxy groups -OCH3 is 1. The number of hydrogen-bond acceptors (Lipinski definition) is 5. The Morgan fingerprint density at radius 3 is 3.00 bits per heavy atom. The van der Waals surface area contributed by atoms with Crippen molar-refractivity contribution in [1.29, 1.82) is 0 Å². The Labute approximate surface area is 134 Å². The SMILES string of the molecule is COC(=O)CC1CN(Cc2c(Cl)cc(C)nc2Cl)CCO1. The second kappa shape index (κ2) is 7.40. The van der Waals surface area contributed by atoms with Crippen LogP contribution in [0.25, 0.3) is 0 Å². The Morgan fingerprint density at radius 2 is 2.33 bits per heavy atom. The third-order valence-electron chi connectivity index (χ3n) is 3.37. The number of aromatic nitrogens is 1. The van der Waals surface area contributed by atoms with Crippen molar-refractivity contribution in [2.24, 2.45) is 0 Å². The number of pyridine rings is 1. The highest BCUT2D eigenvalue weighted by Crippen LogP contribution is 2.26. The summed E-state index contributed by atoms with van der Waals surface area (Å²) in [6.45, 7) is 4.40. The van der Waals surface area contributed by atoms with Gasteiger partial charge in [0.25, 0.3) is 0 Å². The van der Waals surface area contributed by atoms with Crippen LogP contribution in [0.2, 0.25) is 10.2 Å². The highest BCUT2D eigenvalue weighted by atomic mass is 35.5. The van der Waals surface area contributed by atoms with E-state index in [0.717, 1.165) is 17.8 Å². The molecule has 1 aliphatic heterocycles. The van der Waals surface area contributed by atoms with Crippen LogP contribution in [0.4, 0.5) is 0 Å². The van der Waals surface area contributed by atoms with E-state index in [2.05, 4.69) is 14.6 Å². The molecule has 5 nitrogen and oxygen atoms in total. The first-order valence-electron chi connectivity index (χ1n) is 6.72. The molecular formula is C14H18Cl2N2O3. The summed E-state index contributed by atoms with van der Waals surface area (Å²) < 4.78 is 10.2. The molecule has 0 spiro atoms. The topological polar surface area (TPSA) is 51.7 Å². The van der Waals surface area contributed by atoms with Gasteiger partial charge < -0.3 is 9.47 Å². The highest BCUT2D eigenvalue weighted by Gasteiger charge is 2.24. The lowest BCUT2D eigenvalue weighted by Crippen LogP contribution is -2.43. The van der Waals surface area contributed by atoms with Gasteiger partial charge in [-0.15, -0.1) is 0 Å². The van der Waals surface area contributed by atoms with E-state index in [4.69, 9.17) is 27.9 Å². The van der Waals surface area contributed by atoms with E-state index < -0.39 is 0 Å². The van der Waals surface area contributed by atoms with E-state index in [9.17, 15) is 4.79 Å². The Hall–Kier alpha value is -0.880. The Morgan fingerprint density at radius 1 is 1.57 bits per heavy atom. The zero-order chi connectivity index (χ0) is 15.4. The van der Waals surface area contributed by atoms with Crippen molar-refractivity contribution in [3.63, 3.8) is 0 Å². The van der Waals surface area contributed by atoms with Crippen LogP contribution >= 0.6 is 23.2 Å². The highest BCUT2D eigenvalue weighted by molar-refractivity contribution is 6.35. The molecule has 1 aromatic heterocycles. The van der Waals surface area contributed by atoms with Crippen LogP contribution in [0.5, 0.6) is 0 Å². The molecule has 7 heteroatoms. The number of morpholine rings is 1. The van der Waals surface area contributed by atoms with Gasteiger partial charge >= 0.3 is 5.97 Å². The second-order valence-corrected chi connectivity index (χ2v) is 5.79. The fourth-order valence-corrected chi connectivity index (χ4v) is 2.96. The van der Waals surface area contributed by atoms with Crippen LogP contribution < -0.4 is 0 Å². The lowest BCUT2D eigenvalue weighted by Gasteiger charge is -2.32. The van der Waals surface area contributed by atoms with Crippen LogP contribution in [0.15, 0.2) is 6.07 Å². The number of carbonyl (C=O) groups is 1. The lowest BCUT2D eigenvalue weighted by atomic mass is 10.1. The molecule has 1 saturated heterocycles. The first-order chi connectivity index (χ1) is 9.99. The summed E-state index contributed by atoms with van der Waals surface area (Å²) in [7, 11) is 1.38. The molecule has 1 atom stereocenters. The molecular weight excluding hydrogens is 315 g/mol. The van der Waals surface area contributed by atoms with E-state index in [0.29, 0.717) is 29.9 Å². The second-order valence-electron chi connectivity index (χ2n) is 5.02. The van der Waals surface area contributed by atoms with Gasteiger partial charge in [-0.05, 0) is 13.0 Å². The maximum absolute atomic E-state index is 11.3. The predicted octanol–water partition coefficient (Wildman–Crippen LogP) is 2.46. The summed E-state index contributed by atoms with van der Waals surface area (Å²) in [6, 6.07) is 1.80. The zero-order valence-corrected chi connectivity index (χ0v) is 13.6. The smallest absolute Gasteiger partial charge is 0.308 e. The van der Waals surface area contributed by atoms with E-state index in [1.165, 1.54) is 7.11 Å². The monoisotopic (exact) mass is 332 g/mol. The summed E-state index contributed by atoms with van der Waals surface area (Å²) >= 11 is 12.4. The minimum atomic E-state index is -0.269. The van der Waals surface area contributed by atoms with Gasteiger partial charge in [-0.3, -0.25) is 9.69 Å². The van der Waals surface area contributed by atoms with Crippen molar-refractivity contribution in [3.8, 4) is 0 Å². The molecule has 0 aromatic carbocycles. The fraction of sp³-hybridized carbons (Fsp3) is 0.571. The third-order valence-corrected chi connectivity index (χ3v) is 4.02. The molecule has 0 N–H and O–H groups in total. The van der Waals surface area contributed by atoms with Crippen molar-refractivity contribution in [1.82, 2.24) is 9.88 Å². The molecule has 1 aromatic rings. The molecule has 1 aliphatic rings. The summed E-state index contributed by atoms with van der Waals surface area (Å²) in [5, 5.41) is 1.04. The van der Waals surface area contributed by atoms with Crippen molar-refractivity contribution in [3.05, 3.63) is 27.5 Å². The van der Waals surface area contributed by atoms with Crippen LogP contribution in [0, 0.1) is 6.92 Å². The van der Waals surface area contributed by atoms with E-state index in [-0.39, 0.29) is 18.5 Å². The lowest BCUT2D eigenvalue weighted by molar-refractivity contribution is -0.145. The standard InChI is InChI=1S/C14H18Cl2N2O3/c1-9-5-12(15)11(14(16)17-9)8-18-3-4-21-10(7-18)6-13(19)20-2/h5,10H,3-4,6-8H2,1-2H3. The summed E-state index contributed by atoms with van der Waals surface area (Å²) in [5.41, 5.74) is 1.60. The minimum absolute atomic E-state index is 0.165. The molecule has 0 radical (unpaired) electrons. The summed E-state index contributed by atoms with van der Waals surface area (Å²) in [4.78, 5) is 17.7. The molecule has 1 unspecified atom stereocenters. The number of ether oxygens (including phenoxy) is 2. The van der Waals surface area contributed by atoms with Gasteiger partial charge in [-0.2, -0.15) is 0 Å². The van der Waals surface area contributed by atoms with Crippen molar-refractivity contribution in [2.75, 3.05) is 26.8 Å². The number of esters is 1. The first-order valence-corrected chi connectivity index (χ1v) is 7.47. The molecule has 0 aliphatic carbocycles. The van der Waals surface area contributed by atoms with Crippen LogP contribution in [0.1, 0.15) is 17.7 Å². The van der Waals surface area contributed by atoms with Gasteiger partial charge in [0.2, 0.25) is 0 Å². The van der Waals surface area contributed by atoms with E-state index in [1.807, 2.05) is 6.92 Å². The number of hydrogen-bond donors (Lipinski definition) is 0. The molecule has 2 rings (SSSR count). The number of rotatable bonds is 4. The van der Waals surface area contributed by atoms with Gasteiger partial charge in [-0.1, -0.05) is 23.2 Å². The van der Waals surface area contributed by atoms with Crippen LogP contribution in [-0.2, 0) is 20.8 Å². The molecule has 1 fully saturated rings. The normalized spacial score (nSPS) is 19.5. The van der Waals surface area contributed by atoms with Crippen molar-refractivity contribution >= 4 is 29.2 Å². The van der Waals surface area contributed by atoms with E-state index >= 15 is 0 Å². The molecule has 0 amide bonds. The van der Waals surface area contributed by atoms with Gasteiger partial charge in [-0.25, -0.2) is 4.98 Å². The van der Waals surface area contributed by atoms with Gasteiger partial charge in [0.1, 0.15) is 5.15 Å². The maximum atomic E-state index is 11.3. The zero-order valence-electron chi connectivity index (χ0n) is 12.1. The number of halogens is 2. The Kier molecular flexibility index (Phi) is 5.81. The molecule has 2 heterocycles. The average molecular weight is 333 g/mol. The molecule has 116 valence electrons.